The van der Waals surface area contributed by atoms with E-state index < -0.39 is 10.0 Å². The van der Waals surface area contributed by atoms with Crippen LogP contribution >= 0.6 is 11.3 Å². The number of methoxy groups -OCH3 is 2. The third-order valence-corrected chi connectivity index (χ3v) is 8.35. The molecule has 0 aliphatic carbocycles. The first-order valence-corrected chi connectivity index (χ1v) is 11.7. The van der Waals surface area contributed by atoms with Gasteiger partial charge in [0.2, 0.25) is 5.91 Å². The molecule has 0 bridgehead atoms. The first kappa shape index (κ1) is 21.6. The standard InChI is InChI=1S/C20H26N2O5S2/c1-14(17-9-8-16(26-2)12-18(17)27-3)21-20(23)15-6-4-10-22(13-15)29(24,25)19-7-5-11-28-19/h5,7-9,11-12,14-15H,4,6,10,13H2,1-3H3,(H,21,23). The largest absolute Gasteiger partial charge is 0.497 e. The zero-order valence-electron chi connectivity index (χ0n) is 16.8. The summed E-state index contributed by atoms with van der Waals surface area (Å²) >= 11 is 1.19. The lowest BCUT2D eigenvalue weighted by Gasteiger charge is -2.31. The molecule has 1 aromatic heterocycles. The van der Waals surface area contributed by atoms with Crippen LogP contribution in [0.2, 0.25) is 0 Å². The van der Waals surface area contributed by atoms with Crippen molar-refractivity contribution in [3.63, 3.8) is 0 Å². The lowest BCUT2D eigenvalue weighted by atomic mass is 9.97. The SMILES string of the molecule is COc1ccc(C(C)NC(=O)C2CCCN(S(=O)(=O)c3cccs3)C2)c(OC)c1. The number of rotatable bonds is 7. The number of carbonyl (C=O) groups is 1. The van der Waals surface area contributed by atoms with E-state index in [4.69, 9.17) is 9.47 Å². The predicted molar refractivity (Wildman–Crippen MR) is 112 cm³/mol. The molecule has 1 aliphatic heterocycles. The number of benzene rings is 1. The molecule has 158 valence electrons. The van der Waals surface area contributed by atoms with E-state index in [1.165, 1.54) is 15.6 Å². The number of amides is 1. The number of carbonyl (C=O) groups excluding carboxylic acids is 1. The Bertz CT molecular complexity index is 944. The summed E-state index contributed by atoms with van der Waals surface area (Å²) in [7, 11) is -0.393. The van der Waals surface area contributed by atoms with Crippen LogP contribution in [0.25, 0.3) is 0 Å². The van der Waals surface area contributed by atoms with Gasteiger partial charge in [-0.15, -0.1) is 11.3 Å². The number of hydrogen-bond donors (Lipinski definition) is 1. The Morgan fingerprint density at radius 2 is 2.07 bits per heavy atom. The zero-order valence-corrected chi connectivity index (χ0v) is 18.4. The Morgan fingerprint density at radius 3 is 2.72 bits per heavy atom. The van der Waals surface area contributed by atoms with Crippen LogP contribution in [0.1, 0.15) is 31.4 Å². The molecule has 0 spiro atoms. The molecule has 1 fully saturated rings. The smallest absolute Gasteiger partial charge is 0.252 e. The fourth-order valence-electron chi connectivity index (χ4n) is 3.50. The van der Waals surface area contributed by atoms with Gasteiger partial charge in [-0.1, -0.05) is 6.07 Å². The predicted octanol–water partition coefficient (Wildman–Crippen LogP) is 3.04. The van der Waals surface area contributed by atoms with Crippen molar-refractivity contribution in [2.45, 2.75) is 30.0 Å². The molecule has 1 saturated heterocycles. The summed E-state index contributed by atoms with van der Waals surface area (Å²) in [5.74, 6) is 0.764. The lowest BCUT2D eigenvalue weighted by molar-refractivity contribution is -0.126. The Kier molecular flexibility index (Phi) is 6.81. The molecule has 9 heteroatoms. The molecular formula is C20H26N2O5S2. The molecule has 1 N–H and O–H groups in total. The molecule has 1 amide bonds. The number of nitrogens with zero attached hydrogens (tertiary/aromatic N) is 1. The van der Waals surface area contributed by atoms with Crippen molar-refractivity contribution in [2.75, 3.05) is 27.3 Å². The summed E-state index contributed by atoms with van der Waals surface area (Å²) in [6.45, 7) is 2.51. The summed E-state index contributed by atoms with van der Waals surface area (Å²) in [6.07, 6.45) is 1.32. The van der Waals surface area contributed by atoms with Crippen LogP contribution in [0, 0.1) is 5.92 Å². The normalized spacial score (nSPS) is 18.8. The number of thiophene rings is 1. The molecule has 0 radical (unpaired) electrons. The Hall–Kier alpha value is -2.10. The molecule has 1 aliphatic rings. The van der Waals surface area contributed by atoms with Crippen LogP contribution in [0.3, 0.4) is 0 Å². The minimum Gasteiger partial charge on any atom is -0.497 e. The highest BCUT2D eigenvalue weighted by Crippen LogP contribution is 2.30. The first-order chi connectivity index (χ1) is 13.9. The van der Waals surface area contributed by atoms with Gasteiger partial charge in [0.1, 0.15) is 15.7 Å². The van der Waals surface area contributed by atoms with E-state index >= 15 is 0 Å². The summed E-state index contributed by atoms with van der Waals surface area (Å²) in [6, 6.07) is 8.48. The summed E-state index contributed by atoms with van der Waals surface area (Å²) in [4.78, 5) is 12.9. The van der Waals surface area contributed by atoms with E-state index in [9.17, 15) is 13.2 Å². The minimum absolute atomic E-state index is 0.151. The van der Waals surface area contributed by atoms with Crippen LogP contribution in [0.5, 0.6) is 11.5 Å². The fraction of sp³-hybridized carbons (Fsp3) is 0.450. The van der Waals surface area contributed by atoms with Crippen molar-refractivity contribution in [1.82, 2.24) is 9.62 Å². The molecule has 3 rings (SSSR count). The summed E-state index contributed by atoms with van der Waals surface area (Å²) in [5.41, 5.74) is 0.834. The number of ether oxygens (including phenoxy) is 2. The van der Waals surface area contributed by atoms with E-state index in [1.807, 2.05) is 19.1 Å². The fourth-order valence-corrected chi connectivity index (χ4v) is 6.17. The van der Waals surface area contributed by atoms with Crippen molar-refractivity contribution >= 4 is 27.3 Å². The van der Waals surface area contributed by atoms with Gasteiger partial charge in [0.15, 0.2) is 0 Å². The summed E-state index contributed by atoms with van der Waals surface area (Å²) in [5, 5.41) is 4.75. The van der Waals surface area contributed by atoms with E-state index in [1.54, 1.807) is 37.8 Å². The van der Waals surface area contributed by atoms with Gasteiger partial charge in [-0.25, -0.2) is 8.42 Å². The van der Waals surface area contributed by atoms with E-state index in [-0.39, 0.29) is 24.4 Å². The quantitative estimate of drug-likeness (QED) is 0.718. The van der Waals surface area contributed by atoms with Crippen LogP contribution in [0.15, 0.2) is 39.9 Å². The molecule has 2 unspecified atom stereocenters. The van der Waals surface area contributed by atoms with Gasteiger partial charge in [0, 0.05) is 24.7 Å². The highest BCUT2D eigenvalue weighted by Gasteiger charge is 2.34. The molecule has 0 saturated carbocycles. The topological polar surface area (TPSA) is 84.9 Å². The molecular weight excluding hydrogens is 412 g/mol. The van der Waals surface area contributed by atoms with Crippen molar-refractivity contribution in [3.05, 3.63) is 41.3 Å². The Labute approximate surface area is 175 Å². The van der Waals surface area contributed by atoms with Gasteiger partial charge in [0.05, 0.1) is 26.2 Å². The second kappa shape index (κ2) is 9.15. The van der Waals surface area contributed by atoms with E-state index in [2.05, 4.69) is 5.32 Å². The minimum atomic E-state index is -3.55. The van der Waals surface area contributed by atoms with Crippen molar-refractivity contribution in [1.29, 1.82) is 0 Å². The maximum Gasteiger partial charge on any atom is 0.252 e. The maximum absolute atomic E-state index is 12.9. The van der Waals surface area contributed by atoms with Gasteiger partial charge in [-0.05, 0) is 43.3 Å². The molecule has 2 atom stereocenters. The van der Waals surface area contributed by atoms with Gasteiger partial charge in [0.25, 0.3) is 10.0 Å². The second-order valence-corrected chi connectivity index (χ2v) is 10.1. The lowest BCUT2D eigenvalue weighted by Crippen LogP contribution is -2.45. The highest BCUT2D eigenvalue weighted by atomic mass is 32.2. The van der Waals surface area contributed by atoms with Crippen LogP contribution in [-0.2, 0) is 14.8 Å². The van der Waals surface area contributed by atoms with Crippen molar-refractivity contribution in [3.8, 4) is 11.5 Å². The van der Waals surface area contributed by atoms with E-state index in [0.29, 0.717) is 35.1 Å². The monoisotopic (exact) mass is 438 g/mol. The zero-order chi connectivity index (χ0) is 21.0. The third kappa shape index (κ3) is 4.73. The molecule has 29 heavy (non-hydrogen) atoms. The van der Waals surface area contributed by atoms with Gasteiger partial charge >= 0.3 is 0 Å². The summed E-state index contributed by atoms with van der Waals surface area (Å²) < 4.78 is 37.9. The van der Waals surface area contributed by atoms with Gasteiger partial charge < -0.3 is 14.8 Å². The van der Waals surface area contributed by atoms with Crippen LogP contribution in [0.4, 0.5) is 0 Å². The van der Waals surface area contributed by atoms with Gasteiger partial charge in [-0.2, -0.15) is 4.31 Å². The molecule has 1 aromatic carbocycles. The third-order valence-electron chi connectivity index (χ3n) is 5.11. The molecule has 2 heterocycles. The number of nitrogens with one attached hydrogen (secondary N) is 1. The van der Waals surface area contributed by atoms with Crippen molar-refractivity contribution < 1.29 is 22.7 Å². The van der Waals surface area contributed by atoms with Gasteiger partial charge in [-0.3, -0.25) is 4.79 Å². The number of piperidine rings is 1. The second-order valence-electron chi connectivity index (χ2n) is 6.97. The molecule has 7 nitrogen and oxygen atoms in total. The van der Waals surface area contributed by atoms with Crippen LogP contribution < -0.4 is 14.8 Å². The van der Waals surface area contributed by atoms with Crippen molar-refractivity contribution in [2.24, 2.45) is 5.92 Å². The highest BCUT2D eigenvalue weighted by molar-refractivity contribution is 7.91. The van der Waals surface area contributed by atoms with E-state index in [0.717, 1.165) is 5.56 Å². The number of sulfonamides is 1. The Balaban J connectivity index is 1.69. The average Bonchev–Trinajstić information content (AvgIpc) is 3.29. The maximum atomic E-state index is 12.9. The average molecular weight is 439 g/mol. The molecule has 2 aromatic rings. The first-order valence-electron chi connectivity index (χ1n) is 9.42. The Morgan fingerprint density at radius 1 is 1.28 bits per heavy atom. The van der Waals surface area contributed by atoms with Crippen LogP contribution in [-0.4, -0.2) is 45.9 Å². The number of hydrogen-bond acceptors (Lipinski definition) is 6.